The topological polar surface area (TPSA) is 21.7 Å². The molecular weight excluding hydrogens is 310 g/mol. The summed E-state index contributed by atoms with van der Waals surface area (Å²) in [5.74, 6) is 0.902. The Balaban J connectivity index is 0.00000192. The molecule has 0 bridgehead atoms. The lowest BCUT2D eigenvalue weighted by atomic mass is 10.0. The van der Waals surface area contributed by atoms with Gasteiger partial charge in [0.15, 0.2) is 0 Å². The Bertz CT molecular complexity index is 577. The van der Waals surface area contributed by atoms with Crippen LogP contribution in [0.15, 0.2) is 54.6 Å². The van der Waals surface area contributed by atoms with Gasteiger partial charge in [0.1, 0.15) is 12.4 Å². The molecule has 0 unspecified atom stereocenters. The van der Waals surface area contributed by atoms with Crippen LogP contribution in [0, 0.1) is 0 Å². The Morgan fingerprint density at radius 3 is 2.39 bits per heavy atom. The summed E-state index contributed by atoms with van der Waals surface area (Å²) in [6, 6.07) is 18.6. The first-order valence-electron chi connectivity index (χ1n) is 7.96. The van der Waals surface area contributed by atoms with Crippen LogP contribution in [0.5, 0.6) is 5.75 Å². The summed E-state index contributed by atoms with van der Waals surface area (Å²) in [7, 11) is 0. The third-order valence-electron chi connectivity index (χ3n) is 4.00. The standard InChI is InChI=1S/C19H23NO2.ClH/c1-2-8-19(9-3-1)22-15-14-21-13-12-20-11-10-17-6-4-5-7-18(17)16-20;/h1-9H,10-16H2;1H/p-1. The largest absolute Gasteiger partial charge is 1.00 e. The molecule has 0 spiro atoms. The lowest BCUT2D eigenvalue weighted by Crippen LogP contribution is -3.00. The molecule has 1 aliphatic rings. The van der Waals surface area contributed by atoms with Crippen molar-refractivity contribution in [1.82, 2.24) is 4.90 Å². The van der Waals surface area contributed by atoms with E-state index in [4.69, 9.17) is 9.47 Å². The van der Waals surface area contributed by atoms with E-state index in [1.54, 1.807) is 0 Å². The predicted octanol–water partition coefficient (Wildman–Crippen LogP) is 0.144. The van der Waals surface area contributed by atoms with Crippen molar-refractivity contribution in [3.63, 3.8) is 0 Å². The van der Waals surface area contributed by atoms with Crippen molar-refractivity contribution in [1.29, 1.82) is 0 Å². The van der Waals surface area contributed by atoms with Crippen molar-refractivity contribution in [2.75, 3.05) is 32.9 Å². The van der Waals surface area contributed by atoms with E-state index in [2.05, 4.69) is 29.2 Å². The van der Waals surface area contributed by atoms with Gasteiger partial charge < -0.3 is 21.9 Å². The number of fused-ring (bicyclic) bond motifs is 1. The zero-order valence-electron chi connectivity index (χ0n) is 13.3. The summed E-state index contributed by atoms with van der Waals surface area (Å²) >= 11 is 0. The number of hydrogen-bond donors (Lipinski definition) is 0. The molecular formula is C19H23ClNO2-. The predicted molar refractivity (Wildman–Crippen MR) is 88.2 cm³/mol. The molecule has 0 atom stereocenters. The van der Waals surface area contributed by atoms with Gasteiger partial charge >= 0.3 is 0 Å². The minimum absolute atomic E-state index is 0. The van der Waals surface area contributed by atoms with Gasteiger partial charge in [-0.1, -0.05) is 42.5 Å². The Morgan fingerprint density at radius 2 is 1.57 bits per heavy atom. The molecule has 124 valence electrons. The molecule has 3 nitrogen and oxygen atoms in total. The molecule has 0 amide bonds. The average Bonchev–Trinajstić information content (AvgIpc) is 2.59. The van der Waals surface area contributed by atoms with Crippen molar-refractivity contribution in [3.05, 3.63) is 65.7 Å². The maximum atomic E-state index is 5.68. The van der Waals surface area contributed by atoms with Crippen LogP contribution in [0.3, 0.4) is 0 Å². The van der Waals surface area contributed by atoms with Gasteiger partial charge in [-0.25, -0.2) is 0 Å². The first-order chi connectivity index (χ1) is 10.9. The van der Waals surface area contributed by atoms with Crippen molar-refractivity contribution >= 4 is 0 Å². The van der Waals surface area contributed by atoms with Crippen molar-refractivity contribution in [2.45, 2.75) is 13.0 Å². The molecule has 0 radical (unpaired) electrons. The summed E-state index contributed by atoms with van der Waals surface area (Å²) < 4.78 is 11.3. The molecule has 0 aliphatic carbocycles. The molecule has 3 rings (SSSR count). The number of ether oxygens (including phenoxy) is 2. The highest BCUT2D eigenvalue weighted by Crippen LogP contribution is 2.17. The van der Waals surface area contributed by atoms with Gasteiger partial charge in [-0.2, -0.15) is 0 Å². The van der Waals surface area contributed by atoms with Crippen molar-refractivity contribution < 1.29 is 21.9 Å². The summed E-state index contributed by atoms with van der Waals surface area (Å²) in [5.41, 5.74) is 2.96. The molecule has 0 N–H and O–H groups in total. The molecule has 0 aromatic heterocycles. The zero-order valence-corrected chi connectivity index (χ0v) is 14.0. The Kier molecular flexibility index (Phi) is 7.40. The number of hydrogen-bond acceptors (Lipinski definition) is 3. The maximum absolute atomic E-state index is 5.68. The van der Waals surface area contributed by atoms with E-state index in [1.165, 1.54) is 11.1 Å². The van der Waals surface area contributed by atoms with Gasteiger partial charge in [0, 0.05) is 19.6 Å². The second-order valence-corrected chi connectivity index (χ2v) is 5.57. The molecule has 0 fully saturated rings. The molecule has 1 heterocycles. The van der Waals surface area contributed by atoms with Gasteiger partial charge in [0.25, 0.3) is 0 Å². The van der Waals surface area contributed by atoms with Crippen LogP contribution in [-0.2, 0) is 17.7 Å². The average molecular weight is 333 g/mol. The molecule has 0 saturated carbocycles. The Hall–Kier alpha value is -1.55. The zero-order chi connectivity index (χ0) is 15.0. The highest BCUT2D eigenvalue weighted by molar-refractivity contribution is 5.29. The van der Waals surface area contributed by atoms with Crippen LogP contribution in [0.4, 0.5) is 0 Å². The first kappa shape index (κ1) is 17.8. The van der Waals surface area contributed by atoms with E-state index in [0.717, 1.165) is 38.4 Å². The fraction of sp³-hybridized carbons (Fsp3) is 0.368. The Morgan fingerprint density at radius 1 is 0.826 bits per heavy atom. The fourth-order valence-electron chi connectivity index (χ4n) is 2.78. The van der Waals surface area contributed by atoms with Crippen LogP contribution in [0.25, 0.3) is 0 Å². The monoisotopic (exact) mass is 332 g/mol. The van der Waals surface area contributed by atoms with Crippen LogP contribution in [0.1, 0.15) is 11.1 Å². The van der Waals surface area contributed by atoms with E-state index in [0.29, 0.717) is 13.2 Å². The number of rotatable bonds is 7. The summed E-state index contributed by atoms with van der Waals surface area (Å²) in [5, 5.41) is 0. The molecule has 23 heavy (non-hydrogen) atoms. The number of para-hydroxylation sites is 1. The van der Waals surface area contributed by atoms with Gasteiger partial charge in [-0.05, 0) is 29.7 Å². The van der Waals surface area contributed by atoms with Gasteiger partial charge in [0.05, 0.1) is 13.2 Å². The fourth-order valence-corrected chi connectivity index (χ4v) is 2.78. The molecule has 2 aromatic rings. The second-order valence-electron chi connectivity index (χ2n) is 5.57. The van der Waals surface area contributed by atoms with E-state index in [-0.39, 0.29) is 12.4 Å². The summed E-state index contributed by atoms with van der Waals surface area (Å²) in [6.07, 6.45) is 1.15. The van der Waals surface area contributed by atoms with Crippen molar-refractivity contribution in [3.8, 4) is 5.75 Å². The van der Waals surface area contributed by atoms with Gasteiger partial charge in [-0.15, -0.1) is 0 Å². The Labute approximate surface area is 144 Å². The quantitative estimate of drug-likeness (QED) is 0.674. The number of halogens is 1. The first-order valence-corrected chi connectivity index (χ1v) is 7.96. The second kappa shape index (κ2) is 9.56. The van der Waals surface area contributed by atoms with Crippen molar-refractivity contribution in [2.24, 2.45) is 0 Å². The van der Waals surface area contributed by atoms with Crippen LogP contribution in [-0.4, -0.2) is 37.8 Å². The van der Waals surface area contributed by atoms with Crippen LogP contribution in [0.2, 0.25) is 0 Å². The minimum Gasteiger partial charge on any atom is -1.00 e. The van der Waals surface area contributed by atoms with E-state index in [1.807, 2.05) is 30.3 Å². The van der Waals surface area contributed by atoms with Crippen LogP contribution < -0.4 is 17.1 Å². The molecule has 4 heteroatoms. The van der Waals surface area contributed by atoms with E-state index >= 15 is 0 Å². The SMILES string of the molecule is [Cl-].c1ccc(OCCOCCN2CCc3ccccc3C2)cc1. The number of benzene rings is 2. The van der Waals surface area contributed by atoms with E-state index in [9.17, 15) is 0 Å². The lowest BCUT2D eigenvalue weighted by Gasteiger charge is -2.28. The third kappa shape index (κ3) is 5.54. The van der Waals surface area contributed by atoms with Gasteiger partial charge in [0.2, 0.25) is 0 Å². The molecule has 2 aromatic carbocycles. The summed E-state index contributed by atoms with van der Waals surface area (Å²) in [4.78, 5) is 2.46. The highest BCUT2D eigenvalue weighted by atomic mass is 35.5. The smallest absolute Gasteiger partial charge is 0.119 e. The lowest BCUT2D eigenvalue weighted by molar-refractivity contribution is -0.00000530. The summed E-state index contributed by atoms with van der Waals surface area (Å²) in [6.45, 7) is 5.16. The maximum Gasteiger partial charge on any atom is 0.119 e. The minimum atomic E-state index is 0. The van der Waals surface area contributed by atoms with Gasteiger partial charge in [-0.3, -0.25) is 4.90 Å². The molecule has 0 saturated heterocycles. The van der Waals surface area contributed by atoms with E-state index < -0.39 is 0 Å². The molecule has 1 aliphatic heterocycles. The normalized spacial score (nSPS) is 13.9. The number of nitrogens with zero attached hydrogens (tertiary/aromatic N) is 1. The highest BCUT2D eigenvalue weighted by Gasteiger charge is 2.14. The van der Waals surface area contributed by atoms with Crippen LogP contribution >= 0.6 is 0 Å². The third-order valence-corrected chi connectivity index (χ3v) is 4.00.